The average Bonchev–Trinajstić information content (AvgIpc) is 3.07. The lowest BCUT2D eigenvalue weighted by molar-refractivity contribution is -0.123. The van der Waals surface area contributed by atoms with Gasteiger partial charge in [-0.05, 0) is 84.4 Å². The van der Waals surface area contributed by atoms with Gasteiger partial charge in [0.25, 0.3) is 11.1 Å². The number of carbonyl (C=O) groups is 2. The van der Waals surface area contributed by atoms with Crippen LogP contribution in [0.15, 0.2) is 82.6 Å². The third kappa shape index (κ3) is 6.25. The highest BCUT2D eigenvalue weighted by molar-refractivity contribution is 8.18. The van der Waals surface area contributed by atoms with Crippen molar-refractivity contribution >= 4 is 50.7 Å². The van der Waals surface area contributed by atoms with Gasteiger partial charge in [-0.2, -0.15) is 8.42 Å². The third-order valence-electron chi connectivity index (χ3n) is 4.91. The maximum atomic E-state index is 12.8. The predicted molar refractivity (Wildman–Crippen MR) is 135 cm³/mol. The fourth-order valence-electron chi connectivity index (χ4n) is 3.24. The molecule has 7 nitrogen and oxygen atoms in total. The molecule has 180 valence electrons. The van der Waals surface area contributed by atoms with Gasteiger partial charge in [-0.1, -0.05) is 35.9 Å². The minimum Gasteiger partial charge on any atom is -0.492 e. The van der Waals surface area contributed by atoms with Crippen molar-refractivity contribution in [2.24, 2.45) is 0 Å². The van der Waals surface area contributed by atoms with Crippen molar-refractivity contribution in [2.75, 3.05) is 13.2 Å². The van der Waals surface area contributed by atoms with E-state index in [9.17, 15) is 18.0 Å². The minimum atomic E-state index is -4.07. The van der Waals surface area contributed by atoms with Crippen molar-refractivity contribution in [1.29, 1.82) is 0 Å². The Morgan fingerprint density at radius 3 is 2.43 bits per heavy atom. The molecular formula is C25H20ClNO6S2. The molecule has 1 aliphatic rings. The van der Waals surface area contributed by atoms with Crippen LogP contribution in [0, 0.1) is 6.92 Å². The number of hydrogen-bond donors (Lipinski definition) is 0. The van der Waals surface area contributed by atoms with Gasteiger partial charge in [0.2, 0.25) is 0 Å². The lowest BCUT2D eigenvalue weighted by atomic mass is 10.2. The van der Waals surface area contributed by atoms with Gasteiger partial charge >= 0.3 is 10.1 Å². The Hall–Kier alpha value is -3.27. The molecule has 2 amide bonds. The van der Waals surface area contributed by atoms with Crippen molar-refractivity contribution < 1.29 is 26.9 Å². The summed E-state index contributed by atoms with van der Waals surface area (Å²) >= 11 is 6.63. The molecule has 10 heteroatoms. The fraction of sp³-hybridized carbons (Fsp3) is 0.120. The Balaban J connectivity index is 1.43. The standard InChI is InChI=1S/C25H20ClNO6S2/c1-17-4-2-6-20(14-17)32-13-12-27-24(28)23(34-25(27)29)16-18-5-3-7-21(15-18)33-35(30,31)22-10-8-19(26)9-11-22/h2-11,14-16H,12-13H2,1H3/b23-16-. The smallest absolute Gasteiger partial charge is 0.339 e. The van der Waals surface area contributed by atoms with Gasteiger partial charge in [-0.15, -0.1) is 0 Å². The molecule has 0 atom stereocenters. The molecule has 0 spiro atoms. The maximum Gasteiger partial charge on any atom is 0.339 e. The average molecular weight is 530 g/mol. The van der Waals surface area contributed by atoms with Crippen LogP contribution in [0.4, 0.5) is 4.79 Å². The van der Waals surface area contributed by atoms with E-state index in [1.54, 1.807) is 12.1 Å². The number of carbonyl (C=O) groups excluding carboxylic acids is 2. The largest absolute Gasteiger partial charge is 0.492 e. The van der Waals surface area contributed by atoms with Crippen LogP contribution < -0.4 is 8.92 Å². The number of ether oxygens (including phenoxy) is 1. The Morgan fingerprint density at radius 1 is 0.971 bits per heavy atom. The van der Waals surface area contributed by atoms with Crippen molar-refractivity contribution in [2.45, 2.75) is 11.8 Å². The van der Waals surface area contributed by atoms with Crippen LogP contribution in [0.25, 0.3) is 6.08 Å². The zero-order valence-electron chi connectivity index (χ0n) is 18.5. The summed E-state index contributed by atoms with van der Waals surface area (Å²) in [7, 11) is -4.07. The number of halogens is 1. The highest BCUT2D eigenvalue weighted by Crippen LogP contribution is 2.33. The molecule has 1 aliphatic heterocycles. The van der Waals surface area contributed by atoms with E-state index in [-0.39, 0.29) is 28.7 Å². The number of rotatable bonds is 8. The van der Waals surface area contributed by atoms with Crippen LogP contribution in [0.2, 0.25) is 5.02 Å². The molecular weight excluding hydrogens is 510 g/mol. The summed E-state index contributed by atoms with van der Waals surface area (Å²) in [5, 5.41) is 0.00781. The first kappa shape index (κ1) is 24.8. The normalized spacial score (nSPS) is 15.0. The first-order valence-electron chi connectivity index (χ1n) is 10.5. The third-order valence-corrected chi connectivity index (χ3v) is 7.33. The zero-order valence-corrected chi connectivity index (χ0v) is 20.9. The predicted octanol–water partition coefficient (Wildman–Crippen LogP) is 5.53. The van der Waals surface area contributed by atoms with Gasteiger partial charge < -0.3 is 8.92 Å². The molecule has 0 unspecified atom stereocenters. The molecule has 4 rings (SSSR count). The van der Waals surface area contributed by atoms with Gasteiger partial charge in [-0.3, -0.25) is 14.5 Å². The first-order valence-corrected chi connectivity index (χ1v) is 13.1. The zero-order chi connectivity index (χ0) is 25.0. The van der Waals surface area contributed by atoms with E-state index in [1.165, 1.54) is 42.5 Å². The van der Waals surface area contributed by atoms with Crippen LogP contribution in [-0.4, -0.2) is 37.6 Å². The summed E-state index contributed by atoms with van der Waals surface area (Å²) in [4.78, 5) is 26.4. The monoisotopic (exact) mass is 529 g/mol. The Labute approximate surface area is 212 Å². The van der Waals surface area contributed by atoms with Crippen LogP contribution in [-0.2, 0) is 14.9 Å². The number of aryl methyl sites for hydroxylation is 1. The summed E-state index contributed by atoms with van der Waals surface area (Å²) in [5.41, 5.74) is 1.55. The number of nitrogens with zero attached hydrogens (tertiary/aromatic N) is 1. The van der Waals surface area contributed by atoms with Gasteiger partial charge in [0.1, 0.15) is 23.0 Å². The molecule has 35 heavy (non-hydrogen) atoms. The molecule has 0 saturated carbocycles. The summed E-state index contributed by atoms with van der Waals surface area (Å²) in [6, 6.07) is 19.3. The second kappa shape index (κ2) is 10.6. The first-order chi connectivity index (χ1) is 16.7. The second-order valence-corrected chi connectivity index (χ2v) is 10.5. The number of imide groups is 1. The van der Waals surface area contributed by atoms with Gasteiger partial charge in [0, 0.05) is 5.02 Å². The summed E-state index contributed by atoms with van der Waals surface area (Å²) < 4.78 is 35.9. The number of amides is 2. The number of hydrogen-bond acceptors (Lipinski definition) is 7. The lowest BCUT2D eigenvalue weighted by Crippen LogP contribution is -2.32. The van der Waals surface area contributed by atoms with Crippen molar-refractivity contribution in [3.05, 3.63) is 93.9 Å². The van der Waals surface area contributed by atoms with E-state index in [2.05, 4.69) is 0 Å². The molecule has 3 aromatic carbocycles. The molecule has 0 aliphatic carbocycles. The maximum absolute atomic E-state index is 12.8. The van der Waals surface area contributed by atoms with Crippen LogP contribution >= 0.6 is 23.4 Å². The molecule has 0 aromatic heterocycles. The topological polar surface area (TPSA) is 90.0 Å². The van der Waals surface area contributed by atoms with Crippen LogP contribution in [0.3, 0.4) is 0 Å². The van der Waals surface area contributed by atoms with E-state index in [0.717, 1.165) is 22.2 Å². The Morgan fingerprint density at radius 2 is 1.69 bits per heavy atom. The molecule has 1 fully saturated rings. The van der Waals surface area contributed by atoms with E-state index in [1.807, 2.05) is 31.2 Å². The van der Waals surface area contributed by atoms with Gasteiger partial charge in [0.15, 0.2) is 0 Å². The summed E-state index contributed by atoms with van der Waals surface area (Å²) in [6.07, 6.45) is 1.52. The molecule has 1 heterocycles. The van der Waals surface area contributed by atoms with Crippen molar-refractivity contribution in [3.63, 3.8) is 0 Å². The Kier molecular flexibility index (Phi) is 7.49. The molecule has 0 N–H and O–H groups in total. The quantitative estimate of drug-likeness (QED) is 0.280. The highest BCUT2D eigenvalue weighted by Gasteiger charge is 2.34. The lowest BCUT2D eigenvalue weighted by Gasteiger charge is -2.13. The molecule has 0 radical (unpaired) electrons. The SMILES string of the molecule is Cc1cccc(OCCN2C(=O)S/C(=C\c3cccc(OS(=O)(=O)c4ccc(Cl)cc4)c3)C2=O)c1. The summed E-state index contributed by atoms with van der Waals surface area (Å²) in [5.74, 6) is 0.297. The number of thioether (sulfide) groups is 1. The number of benzene rings is 3. The van der Waals surface area contributed by atoms with Crippen LogP contribution in [0.5, 0.6) is 11.5 Å². The Bertz CT molecular complexity index is 1400. The highest BCUT2D eigenvalue weighted by atomic mass is 35.5. The van der Waals surface area contributed by atoms with Crippen LogP contribution in [0.1, 0.15) is 11.1 Å². The fourth-order valence-corrected chi connectivity index (χ4v) is 5.15. The van der Waals surface area contributed by atoms with Gasteiger partial charge in [-0.25, -0.2) is 0 Å². The van der Waals surface area contributed by atoms with E-state index >= 15 is 0 Å². The van der Waals surface area contributed by atoms with Gasteiger partial charge in [0.05, 0.1) is 11.4 Å². The van der Waals surface area contributed by atoms with E-state index in [0.29, 0.717) is 16.3 Å². The van der Waals surface area contributed by atoms with Crippen molar-refractivity contribution in [1.82, 2.24) is 4.90 Å². The summed E-state index contributed by atoms with van der Waals surface area (Å²) in [6.45, 7) is 2.22. The molecule has 0 bridgehead atoms. The molecule has 3 aromatic rings. The van der Waals surface area contributed by atoms with E-state index < -0.39 is 21.3 Å². The minimum absolute atomic E-state index is 0.0405. The van der Waals surface area contributed by atoms with E-state index in [4.69, 9.17) is 20.5 Å². The second-order valence-electron chi connectivity index (χ2n) is 7.56. The van der Waals surface area contributed by atoms with Crippen molar-refractivity contribution in [3.8, 4) is 11.5 Å². The molecule has 1 saturated heterocycles.